The SMILES string of the molecule is COC1CC2CC[C@@H](C)C(O)(O2)C(=O)C(=O)N2CCCCC2C(=O)OC(C(C)CC2CCC(O)C(OC)C2)CC(=O)C(C)/C=C(\C)C2OC(=O)OC(C2OC)[C@H](C)CC(C)/C=C/C=C/C=C/1C. The Morgan fingerprint density at radius 2 is 1.58 bits per heavy atom. The number of ether oxygens (including phenoxy) is 7. The average molecular weight is 942 g/mol. The second kappa shape index (κ2) is 24.7. The number of aliphatic hydroxyl groups excluding tert-OH is 1. The van der Waals surface area contributed by atoms with Crippen LogP contribution in [0.15, 0.2) is 47.6 Å². The van der Waals surface area contributed by atoms with Gasteiger partial charge >= 0.3 is 12.1 Å². The van der Waals surface area contributed by atoms with Gasteiger partial charge in [-0.25, -0.2) is 9.59 Å². The van der Waals surface area contributed by atoms with E-state index < -0.39 is 90.2 Å². The Balaban J connectivity index is 1.49. The fraction of sp³-hybridized carbons (Fsp3) is 0.750. The Morgan fingerprint density at radius 1 is 0.836 bits per heavy atom. The van der Waals surface area contributed by atoms with Crippen LogP contribution in [0.3, 0.4) is 0 Å². The van der Waals surface area contributed by atoms with Crippen LogP contribution in [0, 0.1) is 35.5 Å². The topological polar surface area (TPSA) is 194 Å². The van der Waals surface area contributed by atoms with Gasteiger partial charge in [-0.2, -0.15) is 0 Å². The van der Waals surface area contributed by atoms with E-state index in [9.17, 15) is 34.2 Å². The lowest BCUT2D eigenvalue weighted by Crippen LogP contribution is -2.61. The lowest BCUT2D eigenvalue weighted by atomic mass is 9.78. The first-order valence-electron chi connectivity index (χ1n) is 24.6. The number of esters is 1. The highest BCUT2D eigenvalue weighted by Crippen LogP contribution is 2.38. The molecule has 2 N–H and O–H groups in total. The lowest BCUT2D eigenvalue weighted by Gasteiger charge is -2.42. The molecule has 376 valence electrons. The molecule has 4 fully saturated rings. The van der Waals surface area contributed by atoms with Crippen molar-refractivity contribution in [3.05, 3.63) is 47.6 Å². The fourth-order valence-electron chi connectivity index (χ4n) is 10.8. The summed E-state index contributed by atoms with van der Waals surface area (Å²) in [6, 6.07) is -1.13. The molecule has 0 spiro atoms. The van der Waals surface area contributed by atoms with E-state index in [1.165, 1.54) is 4.90 Å². The molecular formula is C52H79NO14. The minimum atomic E-state index is -2.42. The molecule has 0 aromatic rings. The van der Waals surface area contributed by atoms with Gasteiger partial charge < -0.3 is 48.3 Å². The largest absolute Gasteiger partial charge is 0.509 e. The molecule has 15 heteroatoms. The van der Waals surface area contributed by atoms with E-state index in [1.807, 2.05) is 45.1 Å². The van der Waals surface area contributed by atoms with Gasteiger partial charge in [-0.15, -0.1) is 0 Å². The Kier molecular flexibility index (Phi) is 20.0. The number of carbonyl (C=O) groups excluding carboxylic acids is 5. The Morgan fingerprint density at radius 3 is 2.28 bits per heavy atom. The Labute approximate surface area is 398 Å². The molecule has 67 heavy (non-hydrogen) atoms. The minimum Gasteiger partial charge on any atom is -0.460 e. The summed E-state index contributed by atoms with van der Waals surface area (Å²) in [5.41, 5.74) is 1.51. The van der Waals surface area contributed by atoms with Crippen molar-refractivity contribution in [3.8, 4) is 0 Å². The third kappa shape index (κ3) is 13.7. The average Bonchev–Trinajstić information content (AvgIpc) is 3.30. The summed E-state index contributed by atoms with van der Waals surface area (Å²) in [6.07, 6.45) is 11.4. The maximum absolute atomic E-state index is 14.4. The molecule has 4 bridgehead atoms. The zero-order chi connectivity index (χ0) is 49.2. The second-order valence-corrected chi connectivity index (χ2v) is 20.2. The quantitative estimate of drug-likeness (QED) is 0.155. The molecule has 1 aliphatic carbocycles. The van der Waals surface area contributed by atoms with E-state index in [0.29, 0.717) is 63.4 Å². The van der Waals surface area contributed by atoms with Gasteiger partial charge in [0.2, 0.25) is 5.79 Å². The molecule has 5 rings (SSSR count). The van der Waals surface area contributed by atoms with E-state index in [1.54, 1.807) is 48.2 Å². The summed E-state index contributed by atoms with van der Waals surface area (Å²) in [5, 5.41) is 22.5. The molecule has 4 heterocycles. The zero-order valence-corrected chi connectivity index (χ0v) is 41.6. The van der Waals surface area contributed by atoms with Crippen molar-refractivity contribution in [1.29, 1.82) is 0 Å². The summed E-state index contributed by atoms with van der Waals surface area (Å²) in [5.74, 6) is -7.13. The van der Waals surface area contributed by atoms with E-state index in [4.69, 9.17) is 33.2 Å². The molecule has 0 radical (unpaired) electrons. The molecule has 5 aliphatic rings. The molecule has 0 aromatic heterocycles. The number of ketones is 2. The van der Waals surface area contributed by atoms with Crippen LogP contribution in [-0.4, -0.2) is 133 Å². The van der Waals surface area contributed by atoms with Gasteiger partial charge in [0, 0.05) is 52.6 Å². The number of allylic oxidation sites excluding steroid dienone is 6. The van der Waals surface area contributed by atoms with E-state index in [2.05, 4.69) is 13.0 Å². The van der Waals surface area contributed by atoms with Crippen molar-refractivity contribution < 1.29 is 67.3 Å². The minimum absolute atomic E-state index is 0.0948. The Hall–Kier alpha value is -3.73. The highest BCUT2D eigenvalue weighted by molar-refractivity contribution is 6.39. The molecule has 1 amide bonds. The first-order valence-corrected chi connectivity index (χ1v) is 24.6. The predicted molar refractivity (Wildman–Crippen MR) is 249 cm³/mol. The molecular weight excluding hydrogens is 863 g/mol. The standard InChI is InChI=1S/C52H79NO14/c1-30-16-12-11-13-17-31(2)42(61-8)28-38-21-19-36(7)52(60,67-38)48(56)49(57)53-23-15-14-18-39(53)50(58)64-43(33(4)26-37-20-22-40(54)44(27-37)62-9)29-41(55)32(3)25-35(6)46-47(63-10)45(34(5)24-30)65-51(59)66-46/h11-13,16-17,25,30,32-34,36-40,42-47,54,60H,14-15,18-24,26-29H2,1-10H3/b13-11+,16-12+,31-17+,35-25+/t30?,32?,33?,34-,36-,37?,38?,39?,40?,42?,43?,44?,45?,46?,47?,52?/m1/s1. The fourth-order valence-corrected chi connectivity index (χ4v) is 10.8. The third-order valence-corrected chi connectivity index (χ3v) is 15.1. The van der Waals surface area contributed by atoms with Crippen LogP contribution < -0.4 is 0 Å². The summed E-state index contributed by atoms with van der Waals surface area (Å²) in [6.45, 7) is 13.3. The van der Waals surface area contributed by atoms with Gasteiger partial charge in [-0.05, 0) is 113 Å². The van der Waals surface area contributed by atoms with Gasteiger partial charge in [-0.1, -0.05) is 71.1 Å². The van der Waals surface area contributed by atoms with Gasteiger partial charge in [0.05, 0.1) is 24.4 Å². The molecule has 4 aliphatic heterocycles. The van der Waals surface area contributed by atoms with Crippen LogP contribution in [0.4, 0.5) is 4.79 Å². The van der Waals surface area contributed by atoms with Crippen molar-refractivity contribution in [2.45, 2.75) is 186 Å². The van der Waals surface area contributed by atoms with Gasteiger partial charge in [-0.3, -0.25) is 14.4 Å². The van der Waals surface area contributed by atoms with Gasteiger partial charge in [0.15, 0.2) is 6.10 Å². The number of nitrogens with zero attached hydrogens (tertiary/aromatic N) is 1. The summed E-state index contributed by atoms with van der Waals surface area (Å²) in [7, 11) is 4.71. The number of hydrogen-bond donors (Lipinski definition) is 2. The van der Waals surface area contributed by atoms with Crippen LogP contribution in [0.1, 0.15) is 126 Å². The maximum Gasteiger partial charge on any atom is 0.509 e. The van der Waals surface area contributed by atoms with Crippen LogP contribution in [-0.2, 0) is 52.3 Å². The summed E-state index contributed by atoms with van der Waals surface area (Å²) in [4.78, 5) is 71.4. The first kappa shape index (κ1) is 54.2. The van der Waals surface area contributed by atoms with Crippen molar-refractivity contribution in [3.63, 3.8) is 0 Å². The molecule has 15 nitrogen and oxygen atoms in total. The number of methoxy groups -OCH3 is 3. The van der Waals surface area contributed by atoms with Gasteiger partial charge in [0.1, 0.15) is 30.1 Å². The second-order valence-electron chi connectivity index (χ2n) is 20.2. The smallest absolute Gasteiger partial charge is 0.460 e. The van der Waals surface area contributed by atoms with Gasteiger partial charge in [0.25, 0.3) is 11.7 Å². The third-order valence-electron chi connectivity index (χ3n) is 15.1. The van der Waals surface area contributed by atoms with E-state index in [-0.39, 0.29) is 54.9 Å². The van der Waals surface area contributed by atoms with Crippen molar-refractivity contribution in [1.82, 2.24) is 4.90 Å². The molecule has 14 unspecified atom stereocenters. The number of piperidine rings is 1. The molecule has 1 saturated carbocycles. The van der Waals surface area contributed by atoms with Crippen molar-refractivity contribution >= 4 is 29.6 Å². The van der Waals surface area contributed by atoms with Crippen molar-refractivity contribution in [2.75, 3.05) is 27.9 Å². The number of aliphatic hydroxyl groups is 2. The van der Waals surface area contributed by atoms with Crippen molar-refractivity contribution in [2.24, 2.45) is 35.5 Å². The predicted octanol–water partition coefficient (Wildman–Crippen LogP) is 7.15. The number of cyclic esters (lactones) is 1. The van der Waals surface area contributed by atoms with Crippen LogP contribution in [0.5, 0.6) is 0 Å². The lowest BCUT2D eigenvalue weighted by molar-refractivity contribution is -0.265. The summed E-state index contributed by atoms with van der Waals surface area (Å²) >= 11 is 0. The Bertz CT molecular complexity index is 1840. The number of Topliss-reactive ketones (excluding diaryl/α,β-unsaturated/α-hetero) is 2. The van der Waals surface area contributed by atoms with Crippen LogP contribution >= 0.6 is 0 Å². The number of rotatable bonds is 6. The number of carbonyl (C=O) groups is 5. The summed E-state index contributed by atoms with van der Waals surface area (Å²) < 4.78 is 41.4. The van der Waals surface area contributed by atoms with E-state index >= 15 is 0 Å². The maximum atomic E-state index is 14.4. The van der Waals surface area contributed by atoms with Crippen LogP contribution in [0.2, 0.25) is 0 Å². The number of hydrogen-bond acceptors (Lipinski definition) is 14. The highest BCUT2D eigenvalue weighted by Gasteiger charge is 2.53. The highest BCUT2D eigenvalue weighted by atomic mass is 16.8. The zero-order valence-electron chi connectivity index (χ0n) is 41.6. The molecule has 3 saturated heterocycles. The normalized spacial score (nSPS) is 41.3. The molecule has 0 aromatic carbocycles. The molecule has 16 atom stereocenters. The first-order chi connectivity index (χ1) is 31.8. The monoisotopic (exact) mass is 942 g/mol. The van der Waals surface area contributed by atoms with Crippen LogP contribution in [0.25, 0.3) is 0 Å². The number of fused-ring (bicyclic) bond motifs is 5. The number of amides is 1. The van der Waals surface area contributed by atoms with E-state index in [0.717, 1.165) is 12.0 Å².